The van der Waals surface area contributed by atoms with E-state index in [0.29, 0.717) is 12.1 Å². The number of amides is 2. The second kappa shape index (κ2) is 7.56. The lowest BCUT2D eigenvalue weighted by atomic mass is 9.79. The molecule has 4 aromatic rings. The van der Waals surface area contributed by atoms with E-state index >= 15 is 0 Å². The Hall–Kier alpha value is -3.88. The number of pyridine rings is 1. The Morgan fingerprint density at radius 3 is 2.66 bits per heavy atom. The van der Waals surface area contributed by atoms with E-state index in [-0.39, 0.29) is 5.91 Å². The van der Waals surface area contributed by atoms with Gasteiger partial charge in [-0.25, -0.2) is 0 Å². The molecule has 3 aromatic heterocycles. The zero-order chi connectivity index (χ0) is 24.5. The van der Waals surface area contributed by atoms with Gasteiger partial charge in [0.25, 0.3) is 5.91 Å². The third kappa shape index (κ3) is 3.07. The first-order valence-corrected chi connectivity index (χ1v) is 12.0. The van der Waals surface area contributed by atoms with Crippen molar-refractivity contribution in [3.63, 3.8) is 0 Å². The Labute approximate surface area is 202 Å². The minimum absolute atomic E-state index is 0.205. The van der Waals surface area contributed by atoms with Crippen LogP contribution in [-0.2, 0) is 4.79 Å². The number of nitrogens with zero attached hydrogens (tertiary/aromatic N) is 5. The van der Waals surface area contributed by atoms with Gasteiger partial charge in [0.05, 0.1) is 27.7 Å². The molecule has 0 bridgehead atoms. The molecule has 1 spiro atoms. The van der Waals surface area contributed by atoms with Crippen molar-refractivity contribution in [2.24, 2.45) is 11.1 Å². The Bertz CT molecular complexity index is 1500. The highest BCUT2D eigenvalue weighted by Gasteiger charge is 2.48. The molecule has 2 amide bonds. The van der Waals surface area contributed by atoms with Crippen LogP contribution in [-0.4, -0.2) is 58.2 Å². The molecule has 2 N–H and O–H groups in total. The summed E-state index contributed by atoms with van der Waals surface area (Å²) < 4.78 is 7.52. The van der Waals surface area contributed by atoms with E-state index in [4.69, 9.17) is 10.3 Å². The van der Waals surface area contributed by atoms with Crippen LogP contribution >= 0.6 is 0 Å². The fourth-order valence-electron chi connectivity index (χ4n) is 6.11. The molecule has 0 unspecified atom stereocenters. The molecule has 2 fully saturated rings. The van der Waals surface area contributed by atoms with Crippen molar-refractivity contribution < 1.29 is 14.1 Å². The van der Waals surface area contributed by atoms with Crippen molar-refractivity contribution in [2.75, 3.05) is 31.7 Å². The first-order chi connectivity index (χ1) is 16.8. The quantitative estimate of drug-likeness (QED) is 0.490. The molecular weight excluding hydrogens is 444 g/mol. The Morgan fingerprint density at radius 1 is 1.14 bits per heavy atom. The Morgan fingerprint density at radius 2 is 1.97 bits per heavy atom. The number of primary amides is 1. The molecule has 9 nitrogen and oxygen atoms in total. The summed E-state index contributed by atoms with van der Waals surface area (Å²) in [6, 6.07) is 6.20. The highest BCUT2D eigenvalue weighted by atomic mass is 16.5. The maximum atomic E-state index is 13.2. The number of aromatic nitrogens is 3. The molecule has 2 aliphatic heterocycles. The number of fused-ring (bicyclic) bond motifs is 3. The number of nitrogens with two attached hydrogens (primary N) is 1. The monoisotopic (exact) mass is 472 g/mol. The van der Waals surface area contributed by atoms with Crippen molar-refractivity contribution in [3.8, 4) is 11.1 Å². The van der Waals surface area contributed by atoms with Gasteiger partial charge in [-0.05, 0) is 44.7 Å². The molecule has 5 heterocycles. The van der Waals surface area contributed by atoms with Crippen molar-refractivity contribution in [1.29, 1.82) is 0 Å². The molecule has 180 valence electrons. The first kappa shape index (κ1) is 21.6. The number of carbonyl (C=O) groups excluding carboxylic acids is 2. The lowest BCUT2D eigenvalue weighted by Gasteiger charge is -2.41. The van der Waals surface area contributed by atoms with Crippen molar-refractivity contribution in [2.45, 2.75) is 33.1 Å². The van der Waals surface area contributed by atoms with Gasteiger partial charge in [-0.3, -0.25) is 19.2 Å². The van der Waals surface area contributed by atoms with Crippen LogP contribution in [0.2, 0.25) is 0 Å². The summed E-state index contributed by atoms with van der Waals surface area (Å²) in [5.41, 5.74) is 10.2. The van der Waals surface area contributed by atoms with Gasteiger partial charge < -0.3 is 20.2 Å². The summed E-state index contributed by atoms with van der Waals surface area (Å²) in [7, 11) is 1.88. The molecule has 2 saturated heterocycles. The molecule has 6 rings (SSSR count). The standard InChI is InChI=1S/C26H28N6O3/c1-15-22(16(2)35-29-15)17-5-6-18-19-12-28-13-20(24(27)33)23(19)32(21(18)11-17)31-9-4-7-26(14-31)8-10-30(3)25(26)34/h5-6,11-13H,4,7-10,14H2,1-3H3,(H2,27,33)/t26-/m1/s1. The second-order valence-corrected chi connectivity index (χ2v) is 9.94. The van der Waals surface area contributed by atoms with Gasteiger partial charge in [0.15, 0.2) is 0 Å². The predicted octanol–water partition coefficient (Wildman–Crippen LogP) is 3.14. The van der Waals surface area contributed by atoms with Crippen LogP contribution in [0.15, 0.2) is 35.1 Å². The van der Waals surface area contributed by atoms with Crippen molar-refractivity contribution in [3.05, 3.63) is 47.6 Å². The zero-order valence-corrected chi connectivity index (χ0v) is 20.2. The van der Waals surface area contributed by atoms with Gasteiger partial charge in [0, 0.05) is 55.4 Å². The maximum absolute atomic E-state index is 13.2. The number of carbonyl (C=O) groups is 2. The van der Waals surface area contributed by atoms with E-state index in [1.54, 1.807) is 6.20 Å². The van der Waals surface area contributed by atoms with Crippen LogP contribution in [0, 0.1) is 19.3 Å². The molecule has 0 aliphatic carbocycles. The van der Waals surface area contributed by atoms with Gasteiger partial charge in [-0.1, -0.05) is 17.3 Å². The van der Waals surface area contributed by atoms with Gasteiger partial charge in [0.1, 0.15) is 5.76 Å². The molecule has 1 aromatic carbocycles. The summed E-state index contributed by atoms with van der Waals surface area (Å²) in [6.45, 7) is 5.96. The molecule has 9 heteroatoms. The smallest absolute Gasteiger partial charge is 0.252 e. The molecule has 0 radical (unpaired) electrons. The van der Waals surface area contributed by atoms with E-state index in [1.807, 2.05) is 31.9 Å². The Kier molecular flexibility index (Phi) is 4.67. The van der Waals surface area contributed by atoms with E-state index in [9.17, 15) is 9.59 Å². The topological polar surface area (TPSA) is 110 Å². The second-order valence-electron chi connectivity index (χ2n) is 9.94. The van der Waals surface area contributed by atoms with E-state index in [2.05, 4.69) is 32.0 Å². The lowest BCUT2D eigenvalue weighted by Crippen LogP contribution is -2.51. The number of likely N-dealkylation sites (tertiary alicyclic amines) is 1. The fraction of sp³-hybridized carbons (Fsp3) is 0.385. The molecule has 35 heavy (non-hydrogen) atoms. The average molecular weight is 473 g/mol. The fourth-order valence-corrected chi connectivity index (χ4v) is 6.11. The van der Waals surface area contributed by atoms with Gasteiger partial charge >= 0.3 is 0 Å². The lowest BCUT2D eigenvalue weighted by molar-refractivity contribution is -0.135. The van der Waals surface area contributed by atoms with Crippen LogP contribution in [0.1, 0.15) is 41.1 Å². The van der Waals surface area contributed by atoms with E-state index in [0.717, 1.165) is 76.7 Å². The number of rotatable bonds is 3. The van der Waals surface area contributed by atoms with Crippen LogP contribution in [0.3, 0.4) is 0 Å². The predicted molar refractivity (Wildman–Crippen MR) is 133 cm³/mol. The molecule has 1 atom stereocenters. The van der Waals surface area contributed by atoms with Gasteiger partial charge in [-0.15, -0.1) is 0 Å². The number of hydrogen-bond donors (Lipinski definition) is 1. The van der Waals surface area contributed by atoms with E-state index in [1.165, 1.54) is 6.20 Å². The summed E-state index contributed by atoms with van der Waals surface area (Å²) in [5, 5.41) is 8.17. The minimum Gasteiger partial charge on any atom is -0.365 e. The highest BCUT2D eigenvalue weighted by Crippen LogP contribution is 2.41. The number of benzene rings is 1. The molecule has 2 aliphatic rings. The average Bonchev–Trinajstić information content (AvgIpc) is 3.45. The maximum Gasteiger partial charge on any atom is 0.252 e. The van der Waals surface area contributed by atoms with Crippen molar-refractivity contribution >= 4 is 33.6 Å². The summed E-state index contributed by atoms with van der Waals surface area (Å²) in [4.78, 5) is 31.8. The third-order valence-corrected chi connectivity index (χ3v) is 7.80. The molecular formula is C26H28N6O3. The summed E-state index contributed by atoms with van der Waals surface area (Å²) in [5.74, 6) is 0.429. The summed E-state index contributed by atoms with van der Waals surface area (Å²) >= 11 is 0. The minimum atomic E-state index is -0.526. The SMILES string of the molecule is Cc1noc(C)c1-c1ccc2c3cncc(C(N)=O)c3n(N3CCC[C@@]4(CCN(C)C4=O)C3)c2c1. The van der Waals surface area contributed by atoms with Gasteiger partial charge in [-0.2, -0.15) is 0 Å². The van der Waals surface area contributed by atoms with Crippen LogP contribution < -0.4 is 10.7 Å². The Balaban J connectivity index is 1.62. The number of piperidine rings is 1. The van der Waals surface area contributed by atoms with Crippen LogP contribution in [0.4, 0.5) is 0 Å². The van der Waals surface area contributed by atoms with E-state index < -0.39 is 11.3 Å². The largest absolute Gasteiger partial charge is 0.365 e. The number of aryl methyl sites for hydroxylation is 2. The first-order valence-electron chi connectivity index (χ1n) is 12.0. The highest BCUT2D eigenvalue weighted by molar-refractivity contribution is 6.15. The summed E-state index contributed by atoms with van der Waals surface area (Å²) in [6.07, 6.45) is 5.91. The normalized spacial score (nSPS) is 20.6. The van der Waals surface area contributed by atoms with Gasteiger partial charge in [0.2, 0.25) is 5.91 Å². The van der Waals surface area contributed by atoms with Crippen LogP contribution in [0.5, 0.6) is 0 Å². The third-order valence-electron chi connectivity index (χ3n) is 7.80. The number of hydrogen-bond acceptors (Lipinski definition) is 6. The van der Waals surface area contributed by atoms with Crippen LogP contribution in [0.25, 0.3) is 32.9 Å². The molecule has 0 saturated carbocycles. The van der Waals surface area contributed by atoms with Crippen molar-refractivity contribution in [1.82, 2.24) is 19.7 Å². The zero-order valence-electron chi connectivity index (χ0n) is 20.2.